The fourth-order valence-electron chi connectivity index (χ4n) is 3.17. The second-order valence-electron chi connectivity index (χ2n) is 7.05. The monoisotopic (exact) mass is 374 g/mol. The largest absolute Gasteiger partial charge is 0.494 e. The molecule has 0 bridgehead atoms. The molecule has 3 N–H and O–H groups in total. The van der Waals surface area contributed by atoms with Crippen LogP contribution in [-0.4, -0.2) is 44.7 Å². The van der Waals surface area contributed by atoms with E-state index in [2.05, 4.69) is 40.0 Å². The van der Waals surface area contributed by atoms with Crippen molar-refractivity contribution in [3.05, 3.63) is 23.3 Å². The van der Waals surface area contributed by atoms with Crippen LogP contribution in [-0.2, 0) is 17.8 Å². The Bertz CT molecular complexity index is 701. The molecule has 7 heteroatoms. The number of benzene rings is 1. The van der Waals surface area contributed by atoms with Crippen LogP contribution in [0.4, 0.5) is 0 Å². The number of nitrogens with one attached hydrogen (secondary N) is 3. The summed E-state index contributed by atoms with van der Waals surface area (Å²) in [6, 6.07) is 4.14. The molecule has 0 aromatic heterocycles. The number of hydrogen-bond donors (Lipinski definition) is 3. The van der Waals surface area contributed by atoms with Gasteiger partial charge < -0.3 is 25.4 Å². The van der Waals surface area contributed by atoms with Crippen molar-refractivity contribution < 1.29 is 14.3 Å². The summed E-state index contributed by atoms with van der Waals surface area (Å²) >= 11 is 0. The lowest BCUT2D eigenvalue weighted by atomic mass is 10.1. The van der Waals surface area contributed by atoms with Crippen molar-refractivity contribution in [1.82, 2.24) is 16.0 Å². The van der Waals surface area contributed by atoms with E-state index in [9.17, 15) is 4.79 Å². The third kappa shape index (κ3) is 5.28. The van der Waals surface area contributed by atoms with Gasteiger partial charge in [-0.05, 0) is 38.8 Å². The van der Waals surface area contributed by atoms with Crippen LogP contribution >= 0.6 is 0 Å². The highest BCUT2D eigenvalue weighted by Crippen LogP contribution is 2.35. The van der Waals surface area contributed by atoms with E-state index in [1.165, 1.54) is 5.56 Å². The van der Waals surface area contributed by atoms with E-state index in [0.717, 1.165) is 36.3 Å². The van der Waals surface area contributed by atoms with Crippen LogP contribution in [0.1, 0.15) is 37.8 Å². The Morgan fingerprint density at radius 3 is 2.74 bits per heavy atom. The van der Waals surface area contributed by atoms with Gasteiger partial charge >= 0.3 is 0 Å². The maximum Gasteiger partial charge on any atom is 0.223 e. The van der Waals surface area contributed by atoms with Crippen molar-refractivity contribution in [2.24, 2.45) is 10.9 Å². The number of rotatable bonds is 8. The first-order chi connectivity index (χ1) is 13.1. The second-order valence-corrected chi connectivity index (χ2v) is 7.05. The molecule has 7 nitrogen and oxygen atoms in total. The summed E-state index contributed by atoms with van der Waals surface area (Å²) in [5.74, 6) is 2.91. The number of carbonyl (C=O) groups excluding carboxylic acids is 1. The molecule has 1 fully saturated rings. The molecule has 1 aromatic rings. The molecular formula is C20H30N4O3. The Balaban J connectivity index is 1.51. The molecule has 148 valence electrons. The van der Waals surface area contributed by atoms with Crippen LogP contribution in [0.25, 0.3) is 0 Å². The van der Waals surface area contributed by atoms with Crippen molar-refractivity contribution in [3.8, 4) is 11.5 Å². The van der Waals surface area contributed by atoms with Gasteiger partial charge in [-0.3, -0.25) is 9.79 Å². The molecule has 1 atom stereocenters. The van der Waals surface area contributed by atoms with E-state index >= 15 is 0 Å². The first-order valence-corrected chi connectivity index (χ1v) is 9.78. The quantitative estimate of drug-likeness (QED) is 0.366. The number of fused-ring (bicyclic) bond motifs is 1. The van der Waals surface area contributed by atoms with Crippen molar-refractivity contribution in [1.29, 1.82) is 0 Å². The van der Waals surface area contributed by atoms with Gasteiger partial charge in [-0.2, -0.15) is 0 Å². The number of amides is 1. The minimum absolute atomic E-state index is 0.161. The maximum absolute atomic E-state index is 11.6. The van der Waals surface area contributed by atoms with Gasteiger partial charge in [0, 0.05) is 50.1 Å². The lowest BCUT2D eigenvalue weighted by molar-refractivity contribution is -0.122. The van der Waals surface area contributed by atoms with E-state index in [4.69, 9.17) is 9.47 Å². The Hall–Kier alpha value is -2.44. The molecule has 0 spiro atoms. The molecule has 27 heavy (non-hydrogen) atoms. The van der Waals surface area contributed by atoms with E-state index in [1.54, 1.807) is 7.05 Å². The predicted octanol–water partition coefficient (Wildman–Crippen LogP) is 1.60. The molecule has 1 aliphatic heterocycles. The first kappa shape index (κ1) is 19.3. The van der Waals surface area contributed by atoms with E-state index in [0.29, 0.717) is 32.2 Å². The number of nitrogens with zero attached hydrogens (tertiary/aromatic N) is 1. The summed E-state index contributed by atoms with van der Waals surface area (Å²) in [4.78, 5) is 15.9. The van der Waals surface area contributed by atoms with Gasteiger partial charge in [0.25, 0.3) is 0 Å². The fraction of sp³-hybridized carbons (Fsp3) is 0.600. The zero-order chi connectivity index (χ0) is 19.2. The lowest BCUT2D eigenvalue weighted by Gasteiger charge is -2.16. The number of carbonyl (C=O) groups is 1. The van der Waals surface area contributed by atoms with Gasteiger partial charge in [0.1, 0.15) is 17.6 Å². The Kier molecular flexibility index (Phi) is 6.42. The molecule has 0 radical (unpaired) electrons. The topological polar surface area (TPSA) is 84.0 Å². The van der Waals surface area contributed by atoms with Crippen molar-refractivity contribution in [2.45, 2.75) is 45.8 Å². The Labute approximate surface area is 160 Å². The Morgan fingerprint density at radius 2 is 2.04 bits per heavy atom. The molecule has 1 aromatic carbocycles. The van der Waals surface area contributed by atoms with Crippen LogP contribution in [0.2, 0.25) is 0 Å². The zero-order valence-electron chi connectivity index (χ0n) is 16.4. The highest BCUT2D eigenvalue weighted by Gasteiger charge is 2.29. The van der Waals surface area contributed by atoms with Crippen LogP contribution < -0.4 is 25.4 Å². The average molecular weight is 374 g/mol. The summed E-state index contributed by atoms with van der Waals surface area (Å²) in [5.41, 5.74) is 2.23. The molecule has 0 saturated heterocycles. The highest BCUT2D eigenvalue weighted by atomic mass is 16.5. The van der Waals surface area contributed by atoms with Crippen LogP contribution in [0.5, 0.6) is 11.5 Å². The maximum atomic E-state index is 11.6. The van der Waals surface area contributed by atoms with Gasteiger partial charge in [0.2, 0.25) is 5.91 Å². The standard InChI is InChI=1S/C20H30N4O3/c1-4-26-17-10-15-9-13(2)27-18(15)11-16(17)12-24-20(21-3)23-8-7-22-19(25)14-5-6-14/h10-11,13-14H,4-9,12H2,1-3H3,(H,22,25)(H2,21,23,24). The lowest BCUT2D eigenvalue weighted by Crippen LogP contribution is -2.41. The molecule has 1 aliphatic carbocycles. The smallest absolute Gasteiger partial charge is 0.223 e. The number of ether oxygens (including phenoxy) is 2. The summed E-state index contributed by atoms with van der Waals surface area (Å²) in [5, 5.41) is 9.45. The summed E-state index contributed by atoms with van der Waals surface area (Å²) < 4.78 is 11.7. The first-order valence-electron chi connectivity index (χ1n) is 9.78. The van der Waals surface area contributed by atoms with E-state index in [-0.39, 0.29) is 17.9 Å². The molecular weight excluding hydrogens is 344 g/mol. The van der Waals surface area contributed by atoms with Crippen molar-refractivity contribution in [3.63, 3.8) is 0 Å². The third-order valence-electron chi connectivity index (χ3n) is 4.71. The number of guanidine groups is 1. The minimum atomic E-state index is 0.161. The van der Waals surface area contributed by atoms with Crippen LogP contribution in [0.3, 0.4) is 0 Å². The molecule has 2 aliphatic rings. The molecule has 3 rings (SSSR count). The summed E-state index contributed by atoms with van der Waals surface area (Å²) in [6.07, 6.45) is 3.17. The molecule has 1 unspecified atom stereocenters. The molecule has 1 amide bonds. The van der Waals surface area contributed by atoms with Gasteiger partial charge in [-0.15, -0.1) is 0 Å². The van der Waals surface area contributed by atoms with Crippen LogP contribution in [0, 0.1) is 5.92 Å². The van der Waals surface area contributed by atoms with Gasteiger partial charge in [0.15, 0.2) is 5.96 Å². The Morgan fingerprint density at radius 1 is 1.26 bits per heavy atom. The predicted molar refractivity (Wildman–Crippen MR) is 105 cm³/mol. The van der Waals surface area contributed by atoms with E-state index < -0.39 is 0 Å². The number of aliphatic imine (C=N–C) groups is 1. The number of hydrogen-bond acceptors (Lipinski definition) is 4. The summed E-state index contributed by atoms with van der Waals surface area (Å²) in [6.45, 7) is 6.47. The molecule has 1 heterocycles. The third-order valence-corrected chi connectivity index (χ3v) is 4.71. The summed E-state index contributed by atoms with van der Waals surface area (Å²) in [7, 11) is 1.73. The normalized spacial score (nSPS) is 18.5. The highest BCUT2D eigenvalue weighted by molar-refractivity contribution is 5.81. The van der Waals surface area contributed by atoms with Gasteiger partial charge in [-0.1, -0.05) is 0 Å². The fourth-order valence-corrected chi connectivity index (χ4v) is 3.17. The SMILES string of the molecule is CCOc1cc2c(cc1CNC(=NC)NCCNC(=O)C1CC1)OC(C)C2. The van der Waals surface area contributed by atoms with Crippen molar-refractivity contribution in [2.75, 3.05) is 26.7 Å². The van der Waals surface area contributed by atoms with E-state index in [1.807, 2.05) is 6.92 Å². The van der Waals surface area contributed by atoms with Gasteiger partial charge in [-0.25, -0.2) is 0 Å². The van der Waals surface area contributed by atoms with Crippen LogP contribution in [0.15, 0.2) is 17.1 Å². The van der Waals surface area contributed by atoms with Gasteiger partial charge in [0.05, 0.1) is 6.61 Å². The zero-order valence-corrected chi connectivity index (χ0v) is 16.4. The second kappa shape index (κ2) is 8.97. The van der Waals surface area contributed by atoms with Crippen molar-refractivity contribution >= 4 is 11.9 Å². The minimum Gasteiger partial charge on any atom is -0.494 e. The average Bonchev–Trinajstić information content (AvgIpc) is 3.43. The molecule has 1 saturated carbocycles.